The molecular formula is C19H19N5O2. The van der Waals surface area contributed by atoms with Crippen molar-refractivity contribution in [3.8, 4) is 0 Å². The molecule has 0 saturated carbocycles. The highest BCUT2D eigenvalue weighted by Crippen LogP contribution is 2.18. The van der Waals surface area contributed by atoms with Crippen LogP contribution in [0.2, 0.25) is 0 Å². The molecular weight excluding hydrogens is 330 g/mol. The number of hydrogen-bond acceptors (Lipinski definition) is 4. The summed E-state index contributed by atoms with van der Waals surface area (Å²) in [7, 11) is 0. The van der Waals surface area contributed by atoms with Gasteiger partial charge in [0.2, 0.25) is 0 Å². The van der Waals surface area contributed by atoms with Crippen molar-refractivity contribution in [3.05, 3.63) is 54.0 Å². The Balaban J connectivity index is 1.48. The summed E-state index contributed by atoms with van der Waals surface area (Å²) < 4.78 is 0. The summed E-state index contributed by atoms with van der Waals surface area (Å²) in [6, 6.07) is 8.79. The summed E-state index contributed by atoms with van der Waals surface area (Å²) in [4.78, 5) is 31.0. The van der Waals surface area contributed by atoms with Crippen LogP contribution < -0.4 is 5.32 Å². The van der Waals surface area contributed by atoms with Gasteiger partial charge in [-0.1, -0.05) is 12.1 Å². The number of aromatic nitrogens is 3. The molecule has 1 aliphatic rings. The van der Waals surface area contributed by atoms with Gasteiger partial charge in [-0.15, -0.1) is 0 Å². The topological polar surface area (TPSA) is 91.0 Å². The van der Waals surface area contributed by atoms with Gasteiger partial charge in [0.15, 0.2) is 0 Å². The number of nitrogens with zero attached hydrogens (tertiary/aromatic N) is 3. The molecule has 3 aromatic rings. The molecule has 2 amide bonds. The number of aromatic amines is 1. The lowest BCUT2D eigenvalue weighted by molar-refractivity contribution is 0.0718. The normalized spacial score (nSPS) is 14.4. The lowest BCUT2D eigenvalue weighted by Gasteiger charge is -2.26. The van der Waals surface area contributed by atoms with Gasteiger partial charge in [-0.3, -0.25) is 14.7 Å². The van der Waals surface area contributed by atoms with Crippen LogP contribution >= 0.6 is 0 Å². The summed E-state index contributed by atoms with van der Waals surface area (Å²) >= 11 is 0. The molecule has 1 aliphatic heterocycles. The van der Waals surface area contributed by atoms with E-state index >= 15 is 0 Å². The van der Waals surface area contributed by atoms with E-state index in [0.29, 0.717) is 22.5 Å². The predicted octanol–water partition coefficient (Wildman–Crippen LogP) is 2.84. The number of amides is 2. The van der Waals surface area contributed by atoms with E-state index in [-0.39, 0.29) is 11.8 Å². The Morgan fingerprint density at radius 3 is 2.65 bits per heavy atom. The Bertz CT molecular complexity index is 942. The minimum absolute atomic E-state index is 0.0511. The van der Waals surface area contributed by atoms with Crippen molar-refractivity contribution in [2.75, 3.05) is 18.4 Å². The molecule has 4 rings (SSSR count). The lowest BCUT2D eigenvalue weighted by Crippen LogP contribution is -2.36. The van der Waals surface area contributed by atoms with Crippen LogP contribution in [0.5, 0.6) is 0 Å². The molecule has 132 valence electrons. The largest absolute Gasteiger partial charge is 0.337 e. The van der Waals surface area contributed by atoms with Crippen LogP contribution in [-0.4, -0.2) is 45.0 Å². The van der Waals surface area contributed by atoms with Crippen LogP contribution in [-0.2, 0) is 0 Å². The van der Waals surface area contributed by atoms with E-state index in [9.17, 15) is 9.59 Å². The summed E-state index contributed by atoms with van der Waals surface area (Å²) in [6.07, 6.45) is 6.44. The Morgan fingerprint density at radius 1 is 1.04 bits per heavy atom. The van der Waals surface area contributed by atoms with Crippen LogP contribution in [0.25, 0.3) is 10.9 Å². The number of piperidine rings is 1. The Morgan fingerprint density at radius 2 is 1.88 bits per heavy atom. The van der Waals surface area contributed by atoms with Crippen molar-refractivity contribution in [2.45, 2.75) is 19.3 Å². The molecule has 0 aliphatic carbocycles. The number of benzene rings is 1. The zero-order chi connectivity index (χ0) is 17.9. The maximum absolute atomic E-state index is 12.5. The van der Waals surface area contributed by atoms with Gasteiger partial charge in [0, 0.05) is 18.5 Å². The fourth-order valence-electron chi connectivity index (χ4n) is 3.21. The maximum atomic E-state index is 12.5. The number of pyridine rings is 1. The zero-order valence-corrected chi connectivity index (χ0v) is 14.2. The molecule has 7 nitrogen and oxygen atoms in total. The third-order valence-electron chi connectivity index (χ3n) is 4.61. The SMILES string of the molecule is O=C(Nc1ccc(C(=O)N2CCCCC2)nc1)c1cccc2cn[nH]c12. The van der Waals surface area contributed by atoms with E-state index in [1.807, 2.05) is 17.0 Å². The highest BCUT2D eigenvalue weighted by Gasteiger charge is 2.19. The number of para-hydroxylation sites is 1. The summed E-state index contributed by atoms with van der Waals surface area (Å²) in [6.45, 7) is 1.57. The maximum Gasteiger partial charge on any atom is 0.272 e. The van der Waals surface area contributed by atoms with Gasteiger partial charge in [-0.2, -0.15) is 5.10 Å². The van der Waals surface area contributed by atoms with Crippen molar-refractivity contribution in [3.63, 3.8) is 0 Å². The Hall–Kier alpha value is -3.22. The molecule has 26 heavy (non-hydrogen) atoms. The van der Waals surface area contributed by atoms with Gasteiger partial charge < -0.3 is 10.2 Å². The molecule has 1 fully saturated rings. The van der Waals surface area contributed by atoms with Gasteiger partial charge >= 0.3 is 0 Å². The standard InChI is InChI=1S/C19H19N5O2/c25-18(15-6-4-5-13-11-21-23-17(13)15)22-14-7-8-16(20-12-14)19(26)24-9-2-1-3-10-24/h4-8,11-12H,1-3,9-10H2,(H,21,23)(H,22,25). The number of carbonyl (C=O) groups is 2. The van der Waals surface area contributed by atoms with Gasteiger partial charge in [0.25, 0.3) is 11.8 Å². The number of likely N-dealkylation sites (tertiary alicyclic amines) is 1. The molecule has 7 heteroatoms. The van der Waals surface area contributed by atoms with Crippen LogP contribution in [0.3, 0.4) is 0 Å². The first-order chi connectivity index (χ1) is 12.7. The lowest BCUT2D eigenvalue weighted by atomic mass is 10.1. The highest BCUT2D eigenvalue weighted by molar-refractivity contribution is 6.11. The summed E-state index contributed by atoms with van der Waals surface area (Å²) in [5.41, 5.74) is 2.14. The average Bonchev–Trinajstić information content (AvgIpc) is 3.17. The first kappa shape index (κ1) is 16.3. The fourth-order valence-corrected chi connectivity index (χ4v) is 3.21. The number of fused-ring (bicyclic) bond motifs is 1. The van der Waals surface area contributed by atoms with Crippen LogP contribution in [0.4, 0.5) is 5.69 Å². The van der Waals surface area contributed by atoms with Crippen LogP contribution in [0, 0.1) is 0 Å². The van der Waals surface area contributed by atoms with Gasteiger partial charge in [0.05, 0.1) is 29.2 Å². The number of H-pyrrole nitrogens is 1. The van der Waals surface area contributed by atoms with Crippen LogP contribution in [0.1, 0.15) is 40.1 Å². The van der Waals surface area contributed by atoms with Crippen molar-refractivity contribution in [2.24, 2.45) is 0 Å². The van der Waals surface area contributed by atoms with Gasteiger partial charge in [-0.25, -0.2) is 4.98 Å². The van der Waals surface area contributed by atoms with Crippen molar-refractivity contribution >= 4 is 28.4 Å². The van der Waals surface area contributed by atoms with Crippen LogP contribution in [0.15, 0.2) is 42.7 Å². The number of anilines is 1. The number of carbonyl (C=O) groups excluding carboxylic acids is 2. The minimum Gasteiger partial charge on any atom is -0.337 e. The molecule has 1 saturated heterocycles. The Labute approximate surface area is 150 Å². The third kappa shape index (κ3) is 3.15. The zero-order valence-electron chi connectivity index (χ0n) is 14.2. The van der Waals surface area contributed by atoms with Crippen molar-refractivity contribution in [1.29, 1.82) is 0 Å². The van der Waals surface area contributed by atoms with Gasteiger partial charge in [0.1, 0.15) is 5.69 Å². The van der Waals surface area contributed by atoms with E-state index < -0.39 is 0 Å². The molecule has 2 N–H and O–H groups in total. The van der Waals surface area contributed by atoms with E-state index in [1.54, 1.807) is 24.4 Å². The minimum atomic E-state index is -0.253. The third-order valence-corrected chi connectivity index (χ3v) is 4.61. The van der Waals surface area contributed by atoms with Gasteiger partial charge in [-0.05, 0) is 37.5 Å². The predicted molar refractivity (Wildman–Crippen MR) is 98.0 cm³/mol. The summed E-state index contributed by atoms with van der Waals surface area (Å²) in [5.74, 6) is -0.304. The molecule has 0 bridgehead atoms. The smallest absolute Gasteiger partial charge is 0.272 e. The monoisotopic (exact) mass is 349 g/mol. The molecule has 0 radical (unpaired) electrons. The second-order valence-electron chi connectivity index (χ2n) is 6.38. The number of rotatable bonds is 3. The first-order valence-electron chi connectivity index (χ1n) is 8.71. The molecule has 0 spiro atoms. The number of hydrogen-bond donors (Lipinski definition) is 2. The average molecular weight is 349 g/mol. The highest BCUT2D eigenvalue weighted by atomic mass is 16.2. The first-order valence-corrected chi connectivity index (χ1v) is 8.71. The van der Waals surface area contributed by atoms with Crippen molar-refractivity contribution in [1.82, 2.24) is 20.1 Å². The molecule has 3 heterocycles. The fraction of sp³-hybridized carbons (Fsp3) is 0.263. The van der Waals surface area contributed by atoms with E-state index in [4.69, 9.17) is 0 Å². The quantitative estimate of drug-likeness (QED) is 0.761. The van der Waals surface area contributed by atoms with Crippen molar-refractivity contribution < 1.29 is 9.59 Å². The van der Waals surface area contributed by atoms with E-state index in [2.05, 4.69) is 20.5 Å². The molecule has 0 atom stereocenters. The summed E-state index contributed by atoms with van der Waals surface area (Å²) in [5, 5.41) is 10.5. The number of nitrogens with one attached hydrogen (secondary N) is 2. The second-order valence-corrected chi connectivity index (χ2v) is 6.38. The molecule has 2 aromatic heterocycles. The molecule has 0 unspecified atom stereocenters. The van der Waals surface area contributed by atoms with E-state index in [0.717, 1.165) is 31.3 Å². The second kappa shape index (κ2) is 6.95. The Kier molecular flexibility index (Phi) is 4.35. The molecule has 1 aromatic carbocycles. The van der Waals surface area contributed by atoms with E-state index in [1.165, 1.54) is 12.6 Å².